The molecule has 1 atom stereocenters. The second kappa shape index (κ2) is 9.73. The van der Waals surface area contributed by atoms with E-state index in [0.717, 1.165) is 66.1 Å². The number of carbonyl (C=O) groups is 1. The molecule has 0 spiro atoms. The van der Waals surface area contributed by atoms with Crippen molar-refractivity contribution in [3.05, 3.63) is 58.8 Å². The van der Waals surface area contributed by atoms with E-state index in [9.17, 15) is 4.79 Å². The number of hydrogen-bond acceptors (Lipinski definition) is 6. The van der Waals surface area contributed by atoms with Crippen molar-refractivity contribution in [3.8, 4) is 11.3 Å². The Morgan fingerprint density at radius 2 is 1.94 bits per heavy atom. The van der Waals surface area contributed by atoms with Crippen molar-refractivity contribution < 1.29 is 9.32 Å². The molecule has 3 aromatic rings. The van der Waals surface area contributed by atoms with Gasteiger partial charge < -0.3 is 14.3 Å². The number of anilines is 1. The number of aromatic nitrogens is 3. The van der Waals surface area contributed by atoms with Crippen molar-refractivity contribution in [1.82, 2.24) is 20.0 Å². The standard InChI is InChI=1S/C26H33N5O2/c1-6-9-23-27-16-21(25-17(2)18(3)29-33-25)24(28-23)22-10-7-8-15-31(22)26(32)19-11-13-20(14-12-19)30(4)5/h11-14,16,22H,6-10,15H2,1-5H3. The van der Waals surface area contributed by atoms with E-state index in [1.165, 1.54) is 0 Å². The third-order valence-electron chi connectivity index (χ3n) is 6.45. The molecule has 1 saturated heterocycles. The van der Waals surface area contributed by atoms with E-state index < -0.39 is 0 Å². The van der Waals surface area contributed by atoms with Crippen molar-refractivity contribution >= 4 is 11.6 Å². The molecule has 0 radical (unpaired) electrons. The molecule has 1 amide bonds. The first kappa shape index (κ1) is 23.0. The van der Waals surface area contributed by atoms with E-state index in [2.05, 4.69) is 17.1 Å². The van der Waals surface area contributed by atoms with Gasteiger partial charge in [0.15, 0.2) is 5.76 Å². The van der Waals surface area contributed by atoms with Crippen LogP contribution in [0.25, 0.3) is 11.3 Å². The Labute approximate surface area is 195 Å². The number of rotatable bonds is 6. The highest BCUT2D eigenvalue weighted by molar-refractivity contribution is 5.95. The molecule has 7 nitrogen and oxygen atoms in total. The molecular formula is C26H33N5O2. The van der Waals surface area contributed by atoms with Crippen LogP contribution < -0.4 is 4.90 Å². The minimum absolute atomic E-state index is 0.0390. The number of piperidine rings is 1. The van der Waals surface area contributed by atoms with E-state index in [1.54, 1.807) is 0 Å². The molecule has 0 saturated carbocycles. The van der Waals surface area contributed by atoms with Crippen LogP contribution in [0.15, 0.2) is 35.0 Å². The molecule has 1 aliphatic rings. The predicted octanol–water partition coefficient (Wildman–Crippen LogP) is 5.13. The summed E-state index contributed by atoms with van der Waals surface area (Å²) in [7, 11) is 3.99. The quantitative estimate of drug-likeness (QED) is 0.521. The average Bonchev–Trinajstić information content (AvgIpc) is 3.17. The van der Waals surface area contributed by atoms with E-state index in [1.807, 2.05) is 68.2 Å². The maximum absolute atomic E-state index is 13.6. The van der Waals surface area contributed by atoms with Gasteiger partial charge in [0.1, 0.15) is 5.82 Å². The first-order valence-electron chi connectivity index (χ1n) is 11.8. The molecule has 1 aromatic carbocycles. The van der Waals surface area contributed by atoms with Gasteiger partial charge in [0.05, 0.1) is 23.0 Å². The number of hydrogen-bond donors (Lipinski definition) is 0. The summed E-state index contributed by atoms with van der Waals surface area (Å²) in [4.78, 5) is 27.2. The third-order valence-corrected chi connectivity index (χ3v) is 6.45. The monoisotopic (exact) mass is 447 g/mol. The zero-order chi connectivity index (χ0) is 23.5. The van der Waals surface area contributed by atoms with Crippen molar-refractivity contribution in [2.75, 3.05) is 25.5 Å². The largest absolute Gasteiger partial charge is 0.378 e. The Kier molecular flexibility index (Phi) is 6.77. The number of benzene rings is 1. The lowest BCUT2D eigenvalue weighted by molar-refractivity contribution is 0.0606. The van der Waals surface area contributed by atoms with Gasteiger partial charge in [-0.25, -0.2) is 9.97 Å². The van der Waals surface area contributed by atoms with Crippen LogP contribution in [0.4, 0.5) is 5.69 Å². The lowest BCUT2D eigenvalue weighted by Gasteiger charge is -2.36. The Balaban J connectivity index is 1.75. The van der Waals surface area contributed by atoms with Crippen LogP contribution in [-0.2, 0) is 6.42 Å². The summed E-state index contributed by atoms with van der Waals surface area (Å²) in [6, 6.07) is 7.68. The van der Waals surface area contributed by atoms with Gasteiger partial charge >= 0.3 is 0 Å². The molecule has 1 fully saturated rings. The predicted molar refractivity (Wildman–Crippen MR) is 129 cm³/mol. The first-order valence-corrected chi connectivity index (χ1v) is 11.8. The van der Waals surface area contributed by atoms with Gasteiger partial charge in [-0.1, -0.05) is 12.1 Å². The molecule has 174 valence electrons. The van der Waals surface area contributed by atoms with Crippen LogP contribution >= 0.6 is 0 Å². The molecule has 1 aliphatic heterocycles. The Morgan fingerprint density at radius 1 is 1.18 bits per heavy atom. The van der Waals surface area contributed by atoms with E-state index in [-0.39, 0.29) is 11.9 Å². The number of aryl methyl sites for hydroxylation is 2. The molecule has 1 unspecified atom stereocenters. The minimum atomic E-state index is -0.127. The second-order valence-corrected chi connectivity index (χ2v) is 9.01. The van der Waals surface area contributed by atoms with Crippen molar-refractivity contribution in [3.63, 3.8) is 0 Å². The van der Waals surface area contributed by atoms with Gasteiger partial charge in [-0.2, -0.15) is 0 Å². The fourth-order valence-electron chi connectivity index (χ4n) is 4.40. The van der Waals surface area contributed by atoms with Crippen molar-refractivity contribution in [1.29, 1.82) is 0 Å². The summed E-state index contributed by atoms with van der Waals surface area (Å²) in [5.74, 6) is 1.54. The van der Waals surface area contributed by atoms with E-state index in [0.29, 0.717) is 17.9 Å². The molecule has 0 N–H and O–H groups in total. The van der Waals surface area contributed by atoms with Gasteiger partial charge in [0, 0.05) is 50.1 Å². The van der Waals surface area contributed by atoms with Gasteiger partial charge in [-0.05, 0) is 63.8 Å². The fraction of sp³-hybridized carbons (Fsp3) is 0.462. The molecule has 3 heterocycles. The topological polar surface area (TPSA) is 75.4 Å². The lowest BCUT2D eigenvalue weighted by Crippen LogP contribution is -2.39. The zero-order valence-corrected chi connectivity index (χ0v) is 20.3. The Hall–Kier alpha value is -3.22. The highest BCUT2D eigenvalue weighted by Crippen LogP contribution is 2.38. The summed E-state index contributed by atoms with van der Waals surface area (Å²) in [5.41, 5.74) is 5.30. The molecule has 4 rings (SSSR count). The second-order valence-electron chi connectivity index (χ2n) is 9.01. The average molecular weight is 448 g/mol. The van der Waals surface area contributed by atoms with Crippen LogP contribution in [0.1, 0.15) is 71.8 Å². The molecule has 7 heteroatoms. The number of nitrogens with zero attached hydrogens (tertiary/aromatic N) is 5. The summed E-state index contributed by atoms with van der Waals surface area (Å²) >= 11 is 0. The Bertz CT molecular complexity index is 1120. The first-order chi connectivity index (χ1) is 15.9. The van der Waals surface area contributed by atoms with Crippen LogP contribution in [0.3, 0.4) is 0 Å². The van der Waals surface area contributed by atoms with Crippen LogP contribution in [0.2, 0.25) is 0 Å². The fourth-order valence-corrected chi connectivity index (χ4v) is 4.40. The zero-order valence-electron chi connectivity index (χ0n) is 20.3. The highest BCUT2D eigenvalue weighted by atomic mass is 16.5. The number of amides is 1. The Morgan fingerprint density at radius 3 is 2.58 bits per heavy atom. The highest BCUT2D eigenvalue weighted by Gasteiger charge is 2.33. The van der Waals surface area contributed by atoms with Crippen molar-refractivity contribution in [2.24, 2.45) is 0 Å². The number of carbonyl (C=O) groups excluding carboxylic acids is 1. The molecule has 33 heavy (non-hydrogen) atoms. The van der Waals surface area contributed by atoms with Gasteiger partial charge in [-0.15, -0.1) is 0 Å². The normalized spacial score (nSPS) is 16.2. The van der Waals surface area contributed by atoms with Crippen LogP contribution in [-0.4, -0.2) is 46.6 Å². The summed E-state index contributed by atoms with van der Waals surface area (Å²) in [6.45, 7) is 6.76. The third kappa shape index (κ3) is 4.63. The maximum Gasteiger partial charge on any atom is 0.254 e. The lowest BCUT2D eigenvalue weighted by atomic mass is 9.94. The smallest absolute Gasteiger partial charge is 0.254 e. The van der Waals surface area contributed by atoms with Gasteiger partial charge in [-0.3, -0.25) is 4.79 Å². The van der Waals surface area contributed by atoms with E-state index in [4.69, 9.17) is 9.51 Å². The maximum atomic E-state index is 13.6. The van der Waals surface area contributed by atoms with E-state index >= 15 is 0 Å². The SMILES string of the molecule is CCCc1ncc(-c2onc(C)c2C)c(C2CCCCN2C(=O)c2ccc(N(C)C)cc2)n1. The van der Waals surface area contributed by atoms with Crippen LogP contribution in [0.5, 0.6) is 0 Å². The van der Waals surface area contributed by atoms with Crippen molar-refractivity contribution in [2.45, 2.75) is 58.9 Å². The molecular weight excluding hydrogens is 414 g/mol. The summed E-state index contributed by atoms with van der Waals surface area (Å²) in [5, 5.41) is 4.15. The minimum Gasteiger partial charge on any atom is -0.378 e. The molecule has 0 aliphatic carbocycles. The van der Waals surface area contributed by atoms with Crippen LogP contribution in [0, 0.1) is 13.8 Å². The van der Waals surface area contributed by atoms with Gasteiger partial charge in [0.25, 0.3) is 5.91 Å². The molecule has 2 aromatic heterocycles. The number of likely N-dealkylation sites (tertiary alicyclic amines) is 1. The summed E-state index contributed by atoms with van der Waals surface area (Å²) < 4.78 is 5.69. The van der Waals surface area contributed by atoms with Gasteiger partial charge in [0.2, 0.25) is 0 Å². The molecule has 0 bridgehead atoms. The summed E-state index contributed by atoms with van der Waals surface area (Å²) in [6.07, 6.45) is 6.52.